The Balaban J connectivity index is 1.51. The SMILES string of the molecule is Cc1cc(-c2nc(-c3ccc(CNCCC(=O)O)cc3)no2)ccc1-c1ccccc1C(F)(F)F. The highest BCUT2D eigenvalue weighted by molar-refractivity contribution is 5.74. The number of hydrogen-bond acceptors (Lipinski definition) is 5. The number of carbonyl (C=O) groups is 1. The lowest BCUT2D eigenvalue weighted by atomic mass is 9.94. The van der Waals surface area contributed by atoms with Crippen molar-refractivity contribution in [2.75, 3.05) is 6.54 Å². The third-order valence-corrected chi connectivity index (χ3v) is 5.48. The van der Waals surface area contributed by atoms with Crippen LogP contribution in [0.25, 0.3) is 34.0 Å². The summed E-state index contributed by atoms with van der Waals surface area (Å²) in [4.78, 5) is 15.0. The molecule has 0 saturated carbocycles. The highest BCUT2D eigenvalue weighted by atomic mass is 19.4. The van der Waals surface area contributed by atoms with E-state index in [0.29, 0.717) is 35.6 Å². The lowest BCUT2D eigenvalue weighted by Crippen LogP contribution is -2.17. The number of benzene rings is 3. The summed E-state index contributed by atoms with van der Waals surface area (Å²) in [5, 5.41) is 15.8. The van der Waals surface area contributed by atoms with Crippen molar-refractivity contribution >= 4 is 5.97 Å². The molecule has 6 nitrogen and oxygen atoms in total. The van der Waals surface area contributed by atoms with Gasteiger partial charge < -0.3 is 14.9 Å². The van der Waals surface area contributed by atoms with Crippen LogP contribution < -0.4 is 5.32 Å². The Morgan fingerprint density at radius 3 is 2.40 bits per heavy atom. The average Bonchev–Trinajstić information content (AvgIpc) is 3.32. The first-order chi connectivity index (χ1) is 16.7. The van der Waals surface area contributed by atoms with E-state index in [0.717, 1.165) is 17.2 Å². The van der Waals surface area contributed by atoms with E-state index in [4.69, 9.17) is 9.63 Å². The highest BCUT2D eigenvalue weighted by Gasteiger charge is 2.33. The molecule has 0 saturated heterocycles. The summed E-state index contributed by atoms with van der Waals surface area (Å²) in [6.07, 6.45) is -4.40. The molecular formula is C26H22F3N3O3. The van der Waals surface area contributed by atoms with Gasteiger partial charge in [-0.15, -0.1) is 0 Å². The molecule has 0 amide bonds. The van der Waals surface area contributed by atoms with Gasteiger partial charge in [-0.3, -0.25) is 4.79 Å². The first-order valence-electron chi connectivity index (χ1n) is 10.9. The minimum absolute atomic E-state index is 0.0546. The maximum atomic E-state index is 13.4. The van der Waals surface area contributed by atoms with E-state index in [1.165, 1.54) is 12.1 Å². The lowest BCUT2D eigenvalue weighted by Gasteiger charge is -2.14. The molecule has 0 aliphatic heterocycles. The van der Waals surface area contributed by atoms with Crippen molar-refractivity contribution in [3.05, 3.63) is 83.4 Å². The number of carboxylic acids is 1. The van der Waals surface area contributed by atoms with Gasteiger partial charge in [-0.05, 0) is 47.4 Å². The van der Waals surface area contributed by atoms with Crippen LogP contribution in [-0.2, 0) is 17.5 Å². The van der Waals surface area contributed by atoms with Gasteiger partial charge in [-0.25, -0.2) is 0 Å². The molecule has 1 aromatic heterocycles. The Morgan fingerprint density at radius 2 is 1.71 bits per heavy atom. The summed E-state index contributed by atoms with van der Waals surface area (Å²) < 4.78 is 45.7. The Morgan fingerprint density at radius 1 is 1.00 bits per heavy atom. The van der Waals surface area contributed by atoms with Crippen LogP contribution in [0.5, 0.6) is 0 Å². The average molecular weight is 481 g/mol. The van der Waals surface area contributed by atoms with Gasteiger partial charge in [0.25, 0.3) is 5.89 Å². The maximum absolute atomic E-state index is 13.4. The standard InChI is InChI=1S/C26H22F3N3O3/c1-16-14-19(10-11-20(16)21-4-2-3-5-22(21)26(27,28)29)25-31-24(32-35-25)18-8-6-17(7-9-18)15-30-13-12-23(33)34/h2-11,14,30H,12-13,15H2,1H3,(H,33,34). The second kappa shape index (κ2) is 10.1. The molecule has 0 bridgehead atoms. The van der Waals surface area contributed by atoms with E-state index in [9.17, 15) is 18.0 Å². The van der Waals surface area contributed by atoms with Gasteiger partial charge in [0.05, 0.1) is 12.0 Å². The van der Waals surface area contributed by atoms with E-state index >= 15 is 0 Å². The fourth-order valence-corrected chi connectivity index (χ4v) is 3.72. The van der Waals surface area contributed by atoms with E-state index in [1.54, 1.807) is 31.2 Å². The van der Waals surface area contributed by atoms with Crippen LogP contribution in [0.1, 0.15) is 23.1 Å². The van der Waals surface area contributed by atoms with E-state index in [-0.39, 0.29) is 17.9 Å². The predicted octanol–water partition coefficient (Wildman–Crippen LogP) is 5.96. The molecule has 0 aliphatic carbocycles. The zero-order valence-corrected chi connectivity index (χ0v) is 18.8. The quantitative estimate of drug-likeness (QED) is 0.302. The minimum atomic E-state index is -4.45. The molecule has 4 rings (SSSR count). The molecule has 0 atom stereocenters. The van der Waals surface area contributed by atoms with Crippen LogP contribution in [0.3, 0.4) is 0 Å². The molecule has 0 fully saturated rings. The lowest BCUT2D eigenvalue weighted by molar-refractivity contribution is -0.137. The van der Waals surface area contributed by atoms with Gasteiger partial charge in [0.15, 0.2) is 0 Å². The van der Waals surface area contributed by atoms with Gasteiger partial charge in [0, 0.05) is 24.2 Å². The number of alkyl halides is 3. The van der Waals surface area contributed by atoms with Crippen LogP contribution in [-0.4, -0.2) is 27.8 Å². The smallest absolute Gasteiger partial charge is 0.417 e. The molecule has 0 spiro atoms. The Labute approximate surface area is 199 Å². The Hall–Kier alpha value is -3.98. The molecule has 1 heterocycles. The second-order valence-electron chi connectivity index (χ2n) is 8.01. The van der Waals surface area contributed by atoms with Crippen molar-refractivity contribution in [2.45, 2.75) is 26.1 Å². The molecule has 0 aliphatic rings. The van der Waals surface area contributed by atoms with Crippen LogP contribution >= 0.6 is 0 Å². The molecule has 35 heavy (non-hydrogen) atoms. The zero-order valence-electron chi connectivity index (χ0n) is 18.8. The van der Waals surface area contributed by atoms with E-state index < -0.39 is 17.7 Å². The third-order valence-electron chi connectivity index (χ3n) is 5.48. The topological polar surface area (TPSA) is 88.2 Å². The number of rotatable bonds is 8. The van der Waals surface area contributed by atoms with Crippen LogP contribution in [0.15, 0.2) is 71.3 Å². The summed E-state index contributed by atoms with van der Waals surface area (Å²) in [6, 6.07) is 18.0. The third kappa shape index (κ3) is 5.75. The van der Waals surface area contributed by atoms with E-state index in [1.807, 2.05) is 24.3 Å². The number of carboxylic acid groups (broad SMARTS) is 1. The normalized spacial score (nSPS) is 11.5. The van der Waals surface area contributed by atoms with Crippen LogP contribution in [0.4, 0.5) is 13.2 Å². The molecule has 180 valence electrons. The fraction of sp³-hybridized carbons (Fsp3) is 0.192. The number of aliphatic carboxylic acids is 1. The summed E-state index contributed by atoms with van der Waals surface area (Å²) >= 11 is 0. The van der Waals surface area contributed by atoms with Gasteiger partial charge in [0.2, 0.25) is 5.82 Å². The van der Waals surface area contributed by atoms with Crippen LogP contribution in [0.2, 0.25) is 0 Å². The molecular weight excluding hydrogens is 459 g/mol. The maximum Gasteiger partial charge on any atom is 0.417 e. The van der Waals surface area contributed by atoms with Gasteiger partial charge in [0.1, 0.15) is 0 Å². The van der Waals surface area contributed by atoms with Crippen molar-refractivity contribution in [3.63, 3.8) is 0 Å². The number of hydrogen-bond donors (Lipinski definition) is 2. The number of halogens is 3. The number of aryl methyl sites for hydroxylation is 1. The second-order valence-corrected chi connectivity index (χ2v) is 8.01. The summed E-state index contributed by atoms with van der Waals surface area (Å²) in [7, 11) is 0. The largest absolute Gasteiger partial charge is 0.481 e. The molecule has 0 radical (unpaired) electrons. The van der Waals surface area contributed by atoms with Gasteiger partial charge in [-0.1, -0.05) is 53.7 Å². The monoisotopic (exact) mass is 481 g/mol. The summed E-state index contributed by atoms with van der Waals surface area (Å²) in [5.74, 6) is -0.204. The Bertz CT molecular complexity index is 1330. The van der Waals surface area contributed by atoms with Crippen molar-refractivity contribution in [1.29, 1.82) is 0 Å². The van der Waals surface area contributed by atoms with E-state index in [2.05, 4.69) is 15.5 Å². The van der Waals surface area contributed by atoms with Gasteiger partial charge in [-0.2, -0.15) is 18.2 Å². The summed E-state index contributed by atoms with van der Waals surface area (Å²) in [6.45, 7) is 2.66. The van der Waals surface area contributed by atoms with Crippen molar-refractivity contribution in [2.24, 2.45) is 0 Å². The molecule has 4 aromatic rings. The molecule has 0 unspecified atom stereocenters. The summed E-state index contributed by atoms with van der Waals surface area (Å²) in [5.41, 5.74) is 2.89. The van der Waals surface area contributed by atoms with Crippen molar-refractivity contribution < 1.29 is 27.6 Å². The van der Waals surface area contributed by atoms with Gasteiger partial charge >= 0.3 is 12.1 Å². The van der Waals surface area contributed by atoms with Crippen molar-refractivity contribution in [3.8, 4) is 34.0 Å². The number of nitrogens with zero attached hydrogens (tertiary/aromatic N) is 2. The first-order valence-corrected chi connectivity index (χ1v) is 10.9. The zero-order chi connectivity index (χ0) is 25.0. The molecule has 3 aromatic carbocycles. The fourth-order valence-electron chi connectivity index (χ4n) is 3.72. The van der Waals surface area contributed by atoms with Crippen LogP contribution in [0, 0.1) is 6.92 Å². The minimum Gasteiger partial charge on any atom is -0.481 e. The molecule has 9 heteroatoms. The number of nitrogens with one attached hydrogen (secondary N) is 1. The molecule has 2 N–H and O–H groups in total. The highest BCUT2D eigenvalue weighted by Crippen LogP contribution is 2.38. The predicted molar refractivity (Wildman–Crippen MR) is 124 cm³/mol. The van der Waals surface area contributed by atoms with Crippen molar-refractivity contribution in [1.82, 2.24) is 15.5 Å². The number of aromatic nitrogens is 2. The Kier molecular flexibility index (Phi) is 6.97. The first kappa shape index (κ1) is 24.2.